The summed E-state index contributed by atoms with van der Waals surface area (Å²) in [6.07, 6.45) is 1.32. The van der Waals surface area contributed by atoms with Crippen LogP contribution < -0.4 is 0 Å². The summed E-state index contributed by atoms with van der Waals surface area (Å²) in [7, 11) is -5.81. The summed E-state index contributed by atoms with van der Waals surface area (Å²) >= 11 is 0. The molecule has 2 aromatic rings. The van der Waals surface area contributed by atoms with Gasteiger partial charge in [0.15, 0.2) is 0 Å². The Kier molecular flexibility index (Phi) is 5.16. The largest absolute Gasteiger partial charge is 0.534 e. The number of fused-ring (bicyclic) bond motifs is 1. The van der Waals surface area contributed by atoms with Gasteiger partial charge in [0.2, 0.25) is 0 Å². The van der Waals surface area contributed by atoms with Gasteiger partial charge in [-0.3, -0.25) is 0 Å². The van der Waals surface area contributed by atoms with Crippen molar-refractivity contribution in [2.75, 3.05) is 0 Å². The number of carboxylic acids is 1. The zero-order valence-corrected chi connectivity index (χ0v) is 16.6. The first-order valence-electron chi connectivity index (χ1n) is 8.54. The maximum absolute atomic E-state index is 12.7. The van der Waals surface area contributed by atoms with Crippen molar-refractivity contribution in [3.8, 4) is 11.8 Å². The molecule has 1 aliphatic carbocycles. The maximum Gasteiger partial charge on any atom is 0.534 e. The van der Waals surface area contributed by atoms with Crippen LogP contribution in [-0.4, -0.2) is 25.0 Å². The minimum absolute atomic E-state index is 0.109. The molecule has 0 atom stereocenters. The van der Waals surface area contributed by atoms with Crippen molar-refractivity contribution in [3.63, 3.8) is 0 Å². The predicted molar refractivity (Wildman–Crippen MR) is 103 cm³/mol. The van der Waals surface area contributed by atoms with E-state index >= 15 is 0 Å². The fourth-order valence-electron chi connectivity index (χ4n) is 2.95. The zero-order chi connectivity index (χ0) is 22.3. The van der Waals surface area contributed by atoms with Crippen LogP contribution >= 0.6 is 0 Å². The number of hydrogen-bond acceptors (Lipinski definition) is 4. The van der Waals surface area contributed by atoms with Crippen LogP contribution in [0.15, 0.2) is 48.5 Å². The number of allylic oxidation sites excluding steroid dienone is 1. The average Bonchev–Trinajstić information content (AvgIpc) is 2.88. The highest BCUT2D eigenvalue weighted by atomic mass is 32.2. The van der Waals surface area contributed by atoms with Gasteiger partial charge in [0, 0.05) is 22.1 Å². The van der Waals surface area contributed by atoms with Crippen LogP contribution in [0.25, 0.3) is 5.76 Å². The third-order valence-corrected chi connectivity index (χ3v) is 5.40. The van der Waals surface area contributed by atoms with Crippen LogP contribution in [-0.2, 0) is 19.7 Å². The summed E-state index contributed by atoms with van der Waals surface area (Å²) in [4.78, 5) is 10.9. The minimum Gasteiger partial charge on any atom is -0.478 e. The van der Waals surface area contributed by atoms with Crippen molar-refractivity contribution in [1.82, 2.24) is 0 Å². The predicted octanol–water partition coefficient (Wildman–Crippen LogP) is 4.28. The Morgan fingerprint density at radius 3 is 2.17 bits per heavy atom. The average molecular weight is 436 g/mol. The Balaban J connectivity index is 1.95. The van der Waals surface area contributed by atoms with E-state index in [4.69, 9.17) is 5.11 Å². The third-order valence-electron chi connectivity index (χ3n) is 4.44. The van der Waals surface area contributed by atoms with E-state index < -0.39 is 32.8 Å². The Morgan fingerprint density at radius 1 is 1.03 bits per heavy atom. The van der Waals surface area contributed by atoms with Crippen molar-refractivity contribution >= 4 is 21.8 Å². The molecule has 0 saturated heterocycles. The number of hydrogen-bond donors (Lipinski definition) is 1. The lowest BCUT2D eigenvalue weighted by Crippen LogP contribution is -2.24. The highest BCUT2D eigenvalue weighted by molar-refractivity contribution is 7.87. The summed E-state index contributed by atoms with van der Waals surface area (Å²) in [5.74, 6) is 4.19. The number of benzene rings is 2. The highest BCUT2D eigenvalue weighted by Crippen LogP contribution is 2.43. The van der Waals surface area contributed by atoms with E-state index in [0.29, 0.717) is 16.7 Å². The SMILES string of the molecule is CC1(C)C=C(OS(=O)(=O)C(F)(F)F)c2cc(C#Cc3ccc(C(=O)O)cc3)ccc21. The van der Waals surface area contributed by atoms with Gasteiger partial charge < -0.3 is 9.29 Å². The highest BCUT2D eigenvalue weighted by Gasteiger charge is 2.50. The first-order chi connectivity index (χ1) is 13.8. The molecule has 30 heavy (non-hydrogen) atoms. The van der Waals surface area contributed by atoms with Gasteiger partial charge in [0.05, 0.1) is 5.56 Å². The number of aromatic carboxylic acids is 1. The van der Waals surface area contributed by atoms with E-state index in [9.17, 15) is 26.4 Å². The number of carboxylic acid groups (broad SMARTS) is 1. The molecule has 0 spiro atoms. The van der Waals surface area contributed by atoms with Gasteiger partial charge in [-0.25, -0.2) is 4.79 Å². The summed E-state index contributed by atoms with van der Waals surface area (Å²) < 4.78 is 65.4. The van der Waals surface area contributed by atoms with Crippen molar-refractivity contribution < 1.29 is 35.7 Å². The number of alkyl halides is 3. The first kappa shape index (κ1) is 21.5. The van der Waals surface area contributed by atoms with E-state index in [1.54, 1.807) is 26.0 Å². The van der Waals surface area contributed by atoms with Crippen molar-refractivity contribution in [2.24, 2.45) is 0 Å². The second kappa shape index (κ2) is 7.22. The lowest BCUT2D eigenvalue weighted by atomic mass is 9.87. The lowest BCUT2D eigenvalue weighted by molar-refractivity contribution is -0.0509. The van der Waals surface area contributed by atoms with Crippen molar-refractivity contribution in [3.05, 3.63) is 76.4 Å². The van der Waals surface area contributed by atoms with Crippen LogP contribution in [0.3, 0.4) is 0 Å². The van der Waals surface area contributed by atoms with Gasteiger partial charge >= 0.3 is 21.6 Å². The second-order valence-corrected chi connectivity index (χ2v) is 8.64. The van der Waals surface area contributed by atoms with E-state index in [1.807, 2.05) is 0 Å². The first-order valence-corrected chi connectivity index (χ1v) is 9.95. The van der Waals surface area contributed by atoms with Crippen LogP contribution in [0, 0.1) is 11.8 Å². The Hall–Kier alpha value is -3.25. The molecule has 5 nitrogen and oxygen atoms in total. The number of halogens is 3. The van der Waals surface area contributed by atoms with Crippen LogP contribution in [0.4, 0.5) is 13.2 Å². The van der Waals surface area contributed by atoms with Crippen molar-refractivity contribution in [2.45, 2.75) is 24.8 Å². The van der Waals surface area contributed by atoms with Crippen LogP contribution in [0.2, 0.25) is 0 Å². The molecule has 1 N–H and O–H groups in total. The third kappa shape index (κ3) is 4.19. The van der Waals surface area contributed by atoms with Crippen LogP contribution in [0.1, 0.15) is 46.5 Å². The molecule has 156 valence electrons. The molecule has 0 unspecified atom stereocenters. The molecular weight excluding hydrogens is 421 g/mol. The van der Waals surface area contributed by atoms with Gasteiger partial charge in [0.25, 0.3) is 0 Å². The summed E-state index contributed by atoms with van der Waals surface area (Å²) in [5, 5.41) is 8.90. The fourth-order valence-corrected chi connectivity index (χ4v) is 3.41. The standard InChI is InChI=1S/C21H15F3O5S/c1-20(2)12-18(29-30(27,28)21(22,23)24)16-11-14(7-10-17(16)20)4-3-13-5-8-15(9-6-13)19(25)26/h5-12H,1-2H3,(H,25,26). The van der Waals surface area contributed by atoms with Crippen molar-refractivity contribution in [1.29, 1.82) is 0 Å². The molecule has 0 radical (unpaired) electrons. The topological polar surface area (TPSA) is 80.7 Å². The zero-order valence-electron chi connectivity index (χ0n) is 15.7. The molecule has 2 aromatic carbocycles. The molecule has 1 aliphatic rings. The summed E-state index contributed by atoms with van der Waals surface area (Å²) in [5.41, 5.74) is -4.39. The molecule has 0 amide bonds. The Morgan fingerprint density at radius 2 is 1.60 bits per heavy atom. The smallest absolute Gasteiger partial charge is 0.478 e. The Labute approximate surface area is 170 Å². The fraction of sp³-hybridized carbons (Fsp3) is 0.190. The van der Waals surface area contributed by atoms with Gasteiger partial charge in [0.1, 0.15) is 5.76 Å². The Bertz CT molecular complexity index is 1210. The summed E-state index contributed by atoms with van der Waals surface area (Å²) in [6.45, 7) is 3.44. The van der Waals surface area contributed by atoms with E-state index in [0.717, 1.165) is 0 Å². The molecular formula is C21H15F3O5S. The minimum atomic E-state index is -5.81. The van der Waals surface area contributed by atoms with Gasteiger partial charge in [-0.05, 0) is 48.0 Å². The van der Waals surface area contributed by atoms with E-state index in [2.05, 4.69) is 16.0 Å². The molecule has 9 heteroatoms. The number of rotatable bonds is 3. The van der Waals surface area contributed by atoms with Crippen LogP contribution in [0.5, 0.6) is 0 Å². The molecule has 0 heterocycles. The second-order valence-electron chi connectivity index (χ2n) is 7.11. The lowest BCUT2D eigenvalue weighted by Gasteiger charge is -2.16. The molecule has 0 saturated carbocycles. The van der Waals surface area contributed by atoms with Gasteiger partial charge in [-0.15, -0.1) is 0 Å². The molecule has 0 aliphatic heterocycles. The van der Waals surface area contributed by atoms with E-state index in [1.165, 1.54) is 36.4 Å². The maximum atomic E-state index is 12.7. The molecule has 0 bridgehead atoms. The molecule has 0 fully saturated rings. The van der Waals surface area contributed by atoms with E-state index in [-0.39, 0.29) is 11.1 Å². The summed E-state index contributed by atoms with van der Waals surface area (Å²) in [6, 6.07) is 10.6. The monoisotopic (exact) mass is 436 g/mol. The molecule has 0 aromatic heterocycles. The normalized spacial score (nSPS) is 14.9. The molecule has 3 rings (SSSR count). The number of carbonyl (C=O) groups is 1. The van der Waals surface area contributed by atoms with Gasteiger partial charge in [-0.1, -0.05) is 31.8 Å². The quantitative estimate of drug-likeness (QED) is 0.441. The van der Waals surface area contributed by atoms with Gasteiger partial charge in [-0.2, -0.15) is 21.6 Å².